The Hall–Kier alpha value is -3.09. The van der Waals surface area contributed by atoms with E-state index in [2.05, 4.69) is 9.36 Å². The molecule has 1 fully saturated rings. The fourth-order valence-corrected chi connectivity index (χ4v) is 6.02. The molecule has 2 aromatic carbocycles. The van der Waals surface area contributed by atoms with Gasteiger partial charge in [-0.2, -0.15) is 4.37 Å². The van der Waals surface area contributed by atoms with Crippen molar-refractivity contribution in [3.05, 3.63) is 53.3 Å². The van der Waals surface area contributed by atoms with Crippen molar-refractivity contribution in [2.45, 2.75) is 24.3 Å². The van der Waals surface area contributed by atoms with Crippen molar-refractivity contribution in [1.82, 2.24) is 14.3 Å². The SMILES string of the molecule is COc1ccc(CN(c2ncns2)S(=O)(=O)c2ccc(OC(=O)N3CCCC3)c(Cl)c2)c(OC)c1. The molecule has 1 aliphatic heterocycles. The molecule has 1 amide bonds. The number of carbonyl (C=O) groups is 1. The number of amides is 1. The number of carbonyl (C=O) groups excluding carboxylic acids is 1. The van der Waals surface area contributed by atoms with Crippen LogP contribution in [0.15, 0.2) is 47.6 Å². The number of hydrogen-bond acceptors (Lipinski definition) is 9. The third kappa shape index (κ3) is 5.44. The molecule has 1 aliphatic rings. The molecule has 10 nitrogen and oxygen atoms in total. The molecule has 1 aromatic heterocycles. The smallest absolute Gasteiger partial charge is 0.415 e. The predicted molar refractivity (Wildman–Crippen MR) is 131 cm³/mol. The first-order chi connectivity index (χ1) is 16.8. The van der Waals surface area contributed by atoms with Crippen LogP contribution in [0.2, 0.25) is 5.02 Å². The second-order valence-corrected chi connectivity index (χ2v) is 10.6. The number of anilines is 1. The zero-order chi connectivity index (χ0) is 25.0. The van der Waals surface area contributed by atoms with Crippen molar-refractivity contribution in [3.63, 3.8) is 0 Å². The van der Waals surface area contributed by atoms with E-state index in [4.69, 9.17) is 25.8 Å². The van der Waals surface area contributed by atoms with Gasteiger partial charge in [0.1, 0.15) is 17.8 Å². The van der Waals surface area contributed by atoms with Gasteiger partial charge in [0.05, 0.1) is 30.7 Å². The first kappa shape index (κ1) is 25.0. The maximum absolute atomic E-state index is 13.7. The molecule has 1 saturated heterocycles. The number of likely N-dealkylation sites (tertiary alicyclic amines) is 1. The molecule has 3 aromatic rings. The second kappa shape index (κ2) is 10.7. The molecule has 0 N–H and O–H groups in total. The Bertz CT molecular complexity index is 1300. The van der Waals surface area contributed by atoms with Gasteiger partial charge in [0.15, 0.2) is 5.75 Å². The van der Waals surface area contributed by atoms with E-state index >= 15 is 0 Å². The van der Waals surface area contributed by atoms with Crippen molar-refractivity contribution in [2.24, 2.45) is 0 Å². The van der Waals surface area contributed by atoms with Gasteiger partial charge in [-0.15, -0.1) is 0 Å². The summed E-state index contributed by atoms with van der Waals surface area (Å²) in [5.41, 5.74) is 0.592. The molecule has 0 unspecified atom stereocenters. The lowest BCUT2D eigenvalue weighted by molar-refractivity contribution is 0.163. The van der Waals surface area contributed by atoms with E-state index in [1.807, 2.05) is 0 Å². The summed E-state index contributed by atoms with van der Waals surface area (Å²) in [5, 5.41) is 0.168. The molecule has 0 saturated carbocycles. The molecule has 2 heterocycles. The largest absolute Gasteiger partial charge is 0.497 e. The third-order valence-electron chi connectivity index (χ3n) is 5.42. The molecule has 13 heteroatoms. The van der Waals surface area contributed by atoms with Gasteiger partial charge in [0.2, 0.25) is 5.13 Å². The minimum atomic E-state index is -4.13. The van der Waals surface area contributed by atoms with E-state index in [0.29, 0.717) is 30.2 Å². The van der Waals surface area contributed by atoms with Gasteiger partial charge < -0.3 is 19.1 Å². The maximum atomic E-state index is 13.7. The Morgan fingerprint density at radius 1 is 1.11 bits per heavy atom. The molecule has 0 radical (unpaired) electrons. The van der Waals surface area contributed by atoms with Crippen LogP contribution in [-0.2, 0) is 16.6 Å². The van der Waals surface area contributed by atoms with Crippen LogP contribution in [0.1, 0.15) is 18.4 Å². The average molecular weight is 539 g/mol. The van der Waals surface area contributed by atoms with Gasteiger partial charge in [0, 0.05) is 36.3 Å². The summed E-state index contributed by atoms with van der Waals surface area (Å²) in [6, 6.07) is 9.06. The van der Waals surface area contributed by atoms with Gasteiger partial charge in [-0.1, -0.05) is 11.6 Å². The number of methoxy groups -OCH3 is 2. The van der Waals surface area contributed by atoms with Crippen molar-refractivity contribution in [1.29, 1.82) is 0 Å². The zero-order valence-corrected chi connectivity index (χ0v) is 21.4. The standard InChI is InChI=1S/C22H23ClN4O6S2/c1-31-16-6-5-15(20(11-16)32-2)13-27(21-24-14-25-34-21)35(29,30)17-7-8-19(18(23)12-17)33-22(28)26-9-3-4-10-26/h5-8,11-12,14H,3-4,9-10,13H2,1-2H3. The highest BCUT2D eigenvalue weighted by Crippen LogP contribution is 2.34. The normalized spacial score (nSPS) is 13.5. The van der Waals surface area contributed by atoms with Crippen LogP contribution in [0.3, 0.4) is 0 Å². The van der Waals surface area contributed by atoms with Gasteiger partial charge >= 0.3 is 6.09 Å². The molecule has 4 rings (SSSR count). The highest BCUT2D eigenvalue weighted by atomic mass is 35.5. The number of halogens is 1. The van der Waals surface area contributed by atoms with E-state index in [0.717, 1.165) is 28.7 Å². The van der Waals surface area contributed by atoms with Crippen LogP contribution in [0.25, 0.3) is 0 Å². The molecular weight excluding hydrogens is 516 g/mol. The van der Waals surface area contributed by atoms with E-state index in [1.165, 1.54) is 38.7 Å². The van der Waals surface area contributed by atoms with Crippen LogP contribution >= 0.6 is 23.1 Å². The minimum absolute atomic E-state index is 0.00198. The maximum Gasteiger partial charge on any atom is 0.415 e. The molecule has 0 atom stereocenters. The third-order valence-corrected chi connectivity index (χ3v) is 8.26. The van der Waals surface area contributed by atoms with Gasteiger partial charge in [0.25, 0.3) is 10.0 Å². The first-order valence-electron chi connectivity index (χ1n) is 10.6. The number of ether oxygens (including phenoxy) is 3. The molecular formula is C22H23ClN4O6S2. The molecule has 186 valence electrons. The van der Waals surface area contributed by atoms with Crippen LogP contribution in [-0.4, -0.2) is 56.1 Å². The fourth-order valence-electron chi connectivity index (χ4n) is 3.58. The van der Waals surface area contributed by atoms with E-state index in [9.17, 15) is 13.2 Å². The van der Waals surface area contributed by atoms with Crippen molar-refractivity contribution < 1.29 is 27.4 Å². The topological polar surface area (TPSA) is 111 Å². The van der Waals surface area contributed by atoms with E-state index in [-0.39, 0.29) is 27.3 Å². The summed E-state index contributed by atoms with van der Waals surface area (Å²) in [7, 11) is -1.11. The number of benzene rings is 2. The van der Waals surface area contributed by atoms with Crippen molar-refractivity contribution >= 4 is 44.4 Å². The molecule has 0 aliphatic carbocycles. The monoisotopic (exact) mass is 538 g/mol. The molecule has 0 bridgehead atoms. The molecule has 0 spiro atoms. The first-order valence-corrected chi connectivity index (χ1v) is 13.2. The summed E-state index contributed by atoms with van der Waals surface area (Å²) < 4.78 is 48.5. The van der Waals surface area contributed by atoms with Crippen molar-refractivity contribution in [3.8, 4) is 17.2 Å². The lowest BCUT2D eigenvalue weighted by Crippen LogP contribution is -2.31. The number of aromatic nitrogens is 2. The van der Waals surface area contributed by atoms with Gasteiger partial charge in [-0.3, -0.25) is 0 Å². The van der Waals surface area contributed by atoms with Crippen LogP contribution < -0.4 is 18.5 Å². The Morgan fingerprint density at radius 2 is 1.89 bits per heavy atom. The van der Waals surface area contributed by atoms with Crippen LogP contribution in [0, 0.1) is 0 Å². The van der Waals surface area contributed by atoms with Gasteiger partial charge in [-0.05, 0) is 43.2 Å². The second-order valence-electron chi connectivity index (χ2n) is 7.57. The highest BCUT2D eigenvalue weighted by molar-refractivity contribution is 7.93. The molecule has 35 heavy (non-hydrogen) atoms. The lowest BCUT2D eigenvalue weighted by atomic mass is 10.2. The lowest BCUT2D eigenvalue weighted by Gasteiger charge is -2.23. The van der Waals surface area contributed by atoms with Gasteiger partial charge in [-0.25, -0.2) is 22.5 Å². The highest BCUT2D eigenvalue weighted by Gasteiger charge is 2.30. The van der Waals surface area contributed by atoms with E-state index in [1.54, 1.807) is 23.1 Å². The summed E-state index contributed by atoms with van der Waals surface area (Å²) in [4.78, 5) is 17.9. The minimum Gasteiger partial charge on any atom is -0.497 e. The Balaban J connectivity index is 1.64. The number of nitrogens with zero attached hydrogens (tertiary/aromatic N) is 4. The fraction of sp³-hybridized carbons (Fsp3) is 0.318. The van der Waals surface area contributed by atoms with E-state index < -0.39 is 16.1 Å². The van der Waals surface area contributed by atoms with Crippen molar-refractivity contribution in [2.75, 3.05) is 31.6 Å². The van der Waals surface area contributed by atoms with Crippen LogP contribution in [0.4, 0.5) is 9.93 Å². The number of hydrogen-bond donors (Lipinski definition) is 0. The Morgan fingerprint density at radius 3 is 2.51 bits per heavy atom. The van der Waals surface area contributed by atoms with Crippen LogP contribution in [0.5, 0.6) is 17.2 Å². The zero-order valence-electron chi connectivity index (χ0n) is 19.0. The number of rotatable bonds is 8. The Kier molecular flexibility index (Phi) is 7.63. The quantitative estimate of drug-likeness (QED) is 0.419. The summed E-state index contributed by atoms with van der Waals surface area (Å²) in [5.74, 6) is 1.11. The predicted octanol–water partition coefficient (Wildman–Crippen LogP) is 4.20. The summed E-state index contributed by atoms with van der Waals surface area (Å²) >= 11 is 7.25. The number of sulfonamides is 1. The summed E-state index contributed by atoms with van der Waals surface area (Å²) in [6.45, 7) is 1.16. The Labute approximate surface area is 212 Å². The summed E-state index contributed by atoms with van der Waals surface area (Å²) in [6.07, 6.45) is 2.60. The average Bonchev–Trinajstić information content (AvgIpc) is 3.58.